The Balaban J connectivity index is 2.09. The number of aryl methyl sites for hydroxylation is 1. The molecule has 0 spiro atoms. The van der Waals surface area contributed by atoms with Gasteiger partial charge in [0.25, 0.3) is 0 Å². The normalized spacial score (nSPS) is 13.3. The molecule has 0 aliphatic heterocycles. The predicted molar refractivity (Wildman–Crippen MR) is 92.2 cm³/mol. The number of hydrogen-bond donors (Lipinski definition) is 2. The minimum absolute atomic E-state index is 0.0387. The zero-order chi connectivity index (χ0) is 17.7. The standard InChI is InChI=1S/C17H20ClN3O3/c1-3-12-6-4-7-13(18)15(12)20-14(22)8-9-17(2,16(23)24)21-11-5-10-19-21/h4-7,10-11H,3,8-9H2,1-2H3,(H,20,22)(H,23,24). The van der Waals surface area contributed by atoms with Crippen LogP contribution in [0.3, 0.4) is 0 Å². The molecule has 0 bridgehead atoms. The first-order valence-electron chi connectivity index (χ1n) is 7.69. The fourth-order valence-electron chi connectivity index (χ4n) is 2.44. The lowest BCUT2D eigenvalue weighted by atomic mass is 9.96. The van der Waals surface area contributed by atoms with Gasteiger partial charge in [0, 0.05) is 18.8 Å². The highest BCUT2D eigenvalue weighted by Gasteiger charge is 2.36. The van der Waals surface area contributed by atoms with Crippen molar-refractivity contribution in [1.29, 1.82) is 0 Å². The molecule has 7 heteroatoms. The largest absolute Gasteiger partial charge is 0.479 e. The number of nitrogens with one attached hydrogen (secondary N) is 1. The summed E-state index contributed by atoms with van der Waals surface area (Å²) in [5.41, 5.74) is 0.237. The van der Waals surface area contributed by atoms with Gasteiger partial charge in [-0.2, -0.15) is 5.10 Å². The lowest BCUT2D eigenvalue weighted by molar-refractivity contribution is -0.147. The van der Waals surface area contributed by atoms with Crippen molar-refractivity contribution < 1.29 is 14.7 Å². The van der Waals surface area contributed by atoms with E-state index in [1.165, 1.54) is 10.9 Å². The van der Waals surface area contributed by atoms with E-state index in [4.69, 9.17) is 11.6 Å². The van der Waals surface area contributed by atoms with Gasteiger partial charge in [-0.05, 0) is 37.5 Å². The van der Waals surface area contributed by atoms with Crippen molar-refractivity contribution in [2.24, 2.45) is 0 Å². The number of aliphatic carboxylic acids is 1. The molecule has 128 valence electrons. The maximum atomic E-state index is 12.3. The monoisotopic (exact) mass is 349 g/mol. The molecule has 1 unspecified atom stereocenters. The summed E-state index contributed by atoms with van der Waals surface area (Å²) in [4.78, 5) is 23.9. The molecule has 2 rings (SSSR count). The third kappa shape index (κ3) is 3.76. The van der Waals surface area contributed by atoms with Crippen molar-refractivity contribution in [3.05, 3.63) is 47.2 Å². The fraction of sp³-hybridized carbons (Fsp3) is 0.353. The van der Waals surface area contributed by atoms with Crippen LogP contribution in [0.4, 0.5) is 5.69 Å². The van der Waals surface area contributed by atoms with Gasteiger partial charge in [-0.15, -0.1) is 0 Å². The third-order valence-corrected chi connectivity index (χ3v) is 4.37. The molecule has 1 aromatic carbocycles. The SMILES string of the molecule is CCc1cccc(Cl)c1NC(=O)CCC(C)(C(=O)O)n1cccn1. The number of para-hydroxylation sites is 1. The number of aromatic nitrogens is 2. The predicted octanol–water partition coefficient (Wildman–Crippen LogP) is 3.32. The van der Waals surface area contributed by atoms with Crippen LogP contribution in [0.1, 0.15) is 32.3 Å². The van der Waals surface area contributed by atoms with Crippen LogP contribution in [0.15, 0.2) is 36.7 Å². The van der Waals surface area contributed by atoms with E-state index in [0.29, 0.717) is 10.7 Å². The number of anilines is 1. The summed E-state index contributed by atoms with van der Waals surface area (Å²) in [6, 6.07) is 7.09. The molecular weight excluding hydrogens is 330 g/mol. The van der Waals surface area contributed by atoms with E-state index in [1.54, 1.807) is 25.3 Å². The van der Waals surface area contributed by atoms with Crippen molar-refractivity contribution in [2.45, 2.75) is 38.6 Å². The molecule has 0 saturated carbocycles. The van der Waals surface area contributed by atoms with Gasteiger partial charge in [-0.1, -0.05) is 30.7 Å². The van der Waals surface area contributed by atoms with Crippen LogP contribution < -0.4 is 5.32 Å². The number of carbonyl (C=O) groups is 2. The van der Waals surface area contributed by atoms with Crippen LogP contribution in [0.2, 0.25) is 5.02 Å². The molecule has 1 heterocycles. The number of carbonyl (C=O) groups excluding carboxylic acids is 1. The van der Waals surface area contributed by atoms with E-state index in [2.05, 4.69) is 10.4 Å². The number of nitrogens with zero attached hydrogens (tertiary/aromatic N) is 2. The molecule has 24 heavy (non-hydrogen) atoms. The van der Waals surface area contributed by atoms with Gasteiger partial charge in [0.2, 0.25) is 5.91 Å². The Morgan fingerprint density at radius 3 is 2.71 bits per heavy atom. The van der Waals surface area contributed by atoms with Crippen molar-refractivity contribution >= 4 is 29.2 Å². The smallest absolute Gasteiger partial charge is 0.331 e. The van der Waals surface area contributed by atoms with Crippen LogP contribution in [0.5, 0.6) is 0 Å². The number of carboxylic acids is 1. The van der Waals surface area contributed by atoms with E-state index in [-0.39, 0.29) is 18.7 Å². The van der Waals surface area contributed by atoms with Gasteiger partial charge >= 0.3 is 5.97 Å². The molecular formula is C17H20ClN3O3. The van der Waals surface area contributed by atoms with Gasteiger partial charge in [0.1, 0.15) is 0 Å². The van der Waals surface area contributed by atoms with Gasteiger partial charge in [0.05, 0.1) is 10.7 Å². The fourth-order valence-corrected chi connectivity index (χ4v) is 2.68. The Hall–Kier alpha value is -2.34. The van der Waals surface area contributed by atoms with E-state index in [0.717, 1.165) is 12.0 Å². The Labute approximate surface area is 145 Å². The topological polar surface area (TPSA) is 84.2 Å². The molecule has 2 aromatic rings. The second-order valence-electron chi connectivity index (χ2n) is 5.71. The highest BCUT2D eigenvalue weighted by molar-refractivity contribution is 6.33. The molecule has 1 aromatic heterocycles. The molecule has 2 N–H and O–H groups in total. The van der Waals surface area contributed by atoms with Gasteiger partial charge in [-0.3, -0.25) is 9.48 Å². The number of rotatable bonds is 7. The van der Waals surface area contributed by atoms with Crippen molar-refractivity contribution in [3.8, 4) is 0 Å². The van der Waals surface area contributed by atoms with Crippen LogP contribution in [-0.2, 0) is 21.5 Å². The number of benzene rings is 1. The zero-order valence-electron chi connectivity index (χ0n) is 13.6. The number of carboxylic acid groups (broad SMARTS) is 1. The highest BCUT2D eigenvalue weighted by Crippen LogP contribution is 2.27. The second kappa shape index (κ2) is 7.49. The molecule has 0 fully saturated rings. The summed E-state index contributed by atoms with van der Waals surface area (Å²) >= 11 is 6.15. The summed E-state index contributed by atoms with van der Waals surface area (Å²) in [7, 11) is 0. The molecule has 1 atom stereocenters. The average molecular weight is 350 g/mol. The van der Waals surface area contributed by atoms with Crippen LogP contribution in [-0.4, -0.2) is 26.8 Å². The van der Waals surface area contributed by atoms with E-state index < -0.39 is 11.5 Å². The van der Waals surface area contributed by atoms with Crippen molar-refractivity contribution in [2.75, 3.05) is 5.32 Å². The summed E-state index contributed by atoms with van der Waals surface area (Å²) in [6.45, 7) is 3.52. The summed E-state index contributed by atoms with van der Waals surface area (Å²) < 4.78 is 1.36. The lowest BCUT2D eigenvalue weighted by Gasteiger charge is -2.25. The zero-order valence-corrected chi connectivity index (χ0v) is 14.4. The molecule has 0 aliphatic carbocycles. The summed E-state index contributed by atoms with van der Waals surface area (Å²) in [5, 5.41) is 16.8. The molecule has 0 aliphatic rings. The number of halogens is 1. The van der Waals surface area contributed by atoms with Gasteiger partial charge in [-0.25, -0.2) is 4.79 Å². The Kier molecular flexibility index (Phi) is 5.62. The minimum Gasteiger partial charge on any atom is -0.479 e. The summed E-state index contributed by atoms with van der Waals surface area (Å²) in [6.07, 6.45) is 3.98. The second-order valence-corrected chi connectivity index (χ2v) is 6.11. The van der Waals surface area contributed by atoms with Crippen LogP contribution >= 0.6 is 11.6 Å². The quantitative estimate of drug-likeness (QED) is 0.803. The van der Waals surface area contributed by atoms with Gasteiger partial charge < -0.3 is 10.4 Å². The first kappa shape index (κ1) is 18.0. The number of hydrogen-bond acceptors (Lipinski definition) is 3. The first-order chi connectivity index (χ1) is 11.4. The Bertz CT molecular complexity index is 731. The Morgan fingerprint density at radius 1 is 1.38 bits per heavy atom. The van der Waals surface area contributed by atoms with Crippen LogP contribution in [0, 0.1) is 0 Å². The Morgan fingerprint density at radius 2 is 2.12 bits per heavy atom. The maximum Gasteiger partial charge on any atom is 0.331 e. The van der Waals surface area contributed by atoms with E-state index in [9.17, 15) is 14.7 Å². The lowest BCUT2D eigenvalue weighted by Crippen LogP contribution is -2.40. The van der Waals surface area contributed by atoms with Crippen LogP contribution in [0.25, 0.3) is 0 Å². The average Bonchev–Trinajstić information content (AvgIpc) is 3.09. The molecule has 0 saturated heterocycles. The highest BCUT2D eigenvalue weighted by atomic mass is 35.5. The van der Waals surface area contributed by atoms with E-state index in [1.807, 2.05) is 19.1 Å². The number of amides is 1. The van der Waals surface area contributed by atoms with Crippen molar-refractivity contribution in [1.82, 2.24) is 9.78 Å². The van der Waals surface area contributed by atoms with Crippen molar-refractivity contribution in [3.63, 3.8) is 0 Å². The first-order valence-corrected chi connectivity index (χ1v) is 8.07. The molecule has 6 nitrogen and oxygen atoms in total. The minimum atomic E-state index is -1.28. The van der Waals surface area contributed by atoms with E-state index >= 15 is 0 Å². The summed E-state index contributed by atoms with van der Waals surface area (Å²) in [5.74, 6) is -1.32. The molecule has 0 radical (unpaired) electrons. The van der Waals surface area contributed by atoms with Gasteiger partial charge in [0.15, 0.2) is 5.54 Å². The molecule has 1 amide bonds. The maximum absolute atomic E-state index is 12.3. The third-order valence-electron chi connectivity index (χ3n) is 4.05.